The second-order valence-corrected chi connectivity index (χ2v) is 5.15. The molecule has 0 saturated heterocycles. The molecular weight excluding hydrogens is 276 g/mol. The molecule has 20 heavy (non-hydrogen) atoms. The summed E-state index contributed by atoms with van der Waals surface area (Å²) in [7, 11) is 0. The van der Waals surface area contributed by atoms with Gasteiger partial charge in [-0.2, -0.15) is 5.10 Å². The van der Waals surface area contributed by atoms with E-state index in [0.717, 1.165) is 16.8 Å². The second kappa shape index (κ2) is 5.38. The summed E-state index contributed by atoms with van der Waals surface area (Å²) in [5.41, 5.74) is 2.41. The molecule has 0 fully saturated rings. The van der Waals surface area contributed by atoms with E-state index in [1.54, 1.807) is 6.07 Å². The maximum Gasteiger partial charge on any atom is 0.257 e. The molecule has 3 rings (SSSR count). The average molecular weight is 288 g/mol. The number of oxazole rings is 1. The number of thioether (sulfide) groups is 1. The number of nitrogens with zero attached hydrogens (tertiary/aromatic N) is 2. The SMILES string of the molecule is Cc1cc(NC(=O)CSc2nc3ccccc3o2)n[nH]1. The van der Waals surface area contributed by atoms with Gasteiger partial charge in [-0.1, -0.05) is 23.9 Å². The fourth-order valence-electron chi connectivity index (χ4n) is 1.70. The molecule has 0 atom stereocenters. The first-order valence-corrected chi connectivity index (χ1v) is 6.99. The summed E-state index contributed by atoms with van der Waals surface area (Å²) in [5, 5.41) is 9.88. The summed E-state index contributed by atoms with van der Waals surface area (Å²) < 4.78 is 5.52. The van der Waals surface area contributed by atoms with E-state index in [1.165, 1.54) is 11.8 Å². The van der Waals surface area contributed by atoms with Crippen molar-refractivity contribution in [3.63, 3.8) is 0 Å². The molecule has 102 valence electrons. The van der Waals surface area contributed by atoms with Crippen molar-refractivity contribution in [3.05, 3.63) is 36.0 Å². The molecule has 0 aliphatic heterocycles. The van der Waals surface area contributed by atoms with Crippen LogP contribution in [0.1, 0.15) is 5.69 Å². The number of H-pyrrole nitrogens is 1. The number of rotatable bonds is 4. The van der Waals surface area contributed by atoms with Gasteiger partial charge < -0.3 is 9.73 Å². The van der Waals surface area contributed by atoms with Crippen LogP contribution in [0.15, 0.2) is 40.0 Å². The van der Waals surface area contributed by atoms with Crippen LogP contribution in [0.3, 0.4) is 0 Å². The van der Waals surface area contributed by atoms with Gasteiger partial charge in [-0.3, -0.25) is 9.89 Å². The molecule has 0 spiro atoms. The van der Waals surface area contributed by atoms with E-state index in [1.807, 2.05) is 31.2 Å². The van der Waals surface area contributed by atoms with E-state index < -0.39 is 0 Å². The smallest absolute Gasteiger partial charge is 0.257 e. The van der Waals surface area contributed by atoms with Gasteiger partial charge in [-0.25, -0.2) is 4.98 Å². The zero-order valence-electron chi connectivity index (χ0n) is 10.7. The van der Waals surface area contributed by atoms with Gasteiger partial charge in [0.25, 0.3) is 5.22 Å². The number of nitrogens with one attached hydrogen (secondary N) is 2. The molecule has 2 heterocycles. The molecule has 6 nitrogen and oxygen atoms in total. The molecule has 0 bridgehead atoms. The molecule has 0 radical (unpaired) electrons. The molecule has 0 aliphatic carbocycles. The average Bonchev–Trinajstić information content (AvgIpc) is 3.02. The number of benzene rings is 1. The zero-order chi connectivity index (χ0) is 13.9. The summed E-state index contributed by atoms with van der Waals surface area (Å²) in [6.45, 7) is 1.87. The highest BCUT2D eigenvalue weighted by atomic mass is 32.2. The molecule has 1 amide bonds. The highest BCUT2D eigenvalue weighted by molar-refractivity contribution is 7.99. The molecule has 1 aromatic carbocycles. The monoisotopic (exact) mass is 288 g/mol. The number of fused-ring (bicyclic) bond motifs is 1. The van der Waals surface area contributed by atoms with Gasteiger partial charge in [0.05, 0.1) is 5.75 Å². The third-order valence-corrected chi connectivity index (χ3v) is 3.40. The van der Waals surface area contributed by atoms with Crippen LogP contribution in [0.4, 0.5) is 5.82 Å². The number of carbonyl (C=O) groups is 1. The standard InChI is InChI=1S/C13H12N4O2S/c1-8-6-11(17-16-8)15-12(18)7-20-13-14-9-4-2-3-5-10(9)19-13/h2-6H,7H2,1H3,(H2,15,16,17,18). The second-order valence-electron chi connectivity index (χ2n) is 4.22. The van der Waals surface area contributed by atoms with Crippen LogP contribution in [0, 0.1) is 6.92 Å². The maximum absolute atomic E-state index is 11.8. The molecule has 7 heteroatoms. The van der Waals surface area contributed by atoms with Crippen molar-refractivity contribution in [3.8, 4) is 0 Å². The number of amides is 1. The molecule has 3 aromatic rings. The van der Waals surface area contributed by atoms with Crippen LogP contribution in [0.25, 0.3) is 11.1 Å². The lowest BCUT2D eigenvalue weighted by Gasteiger charge is -1.98. The Morgan fingerprint density at radius 2 is 2.30 bits per heavy atom. The zero-order valence-corrected chi connectivity index (χ0v) is 11.5. The number of para-hydroxylation sites is 2. The number of carbonyl (C=O) groups excluding carboxylic acids is 1. The minimum atomic E-state index is -0.149. The van der Waals surface area contributed by atoms with Gasteiger partial charge in [-0.15, -0.1) is 0 Å². The Kier molecular flexibility index (Phi) is 3.42. The first-order valence-electron chi connectivity index (χ1n) is 6.01. The third kappa shape index (κ3) is 2.83. The number of hydrogen-bond donors (Lipinski definition) is 2. The van der Waals surface area contributed by atoms with Crippen molar-refractivity contribution in [2.75, 3.05) is 11.1 Å². The lowest BCUT2D eigenvalue weighted by molar-refractivity contribution is -0.113. The molecule has 2 aromatic heterocycles. The topological polar surface area (TPSA) is 83.8 Å². The van der Waals surface area contributed by atoms with Crippen molar-refractivity contribution < 1.29 is 9.21 Å². The Hall–Kier alpha value is -2.28. The highest BCUT2D eigenvalue weighted by Crippen LogP contribution is 2.23. The number of anilines is 1. The largest absolute Gasteiger partial charge is 0.431 e. The van der Waals surface area contributed by atoms with Crippen LogP contribution in [0.5, 0.6) is 0 Å². The van der Waals surface area contributed by atoms with Crippen LogP contribution < -0.4 is 5.32 Å². The van der Waals surface area contributed by atoms with E-state index in [2.05, 4.69) is 20.5 Å². The summed E-state index contributed by atoms with van der Waals surface area (Å²) in [6, 6.07) is 9.26. The molecule has 2 N–H and O–H groups in total. The van der Waals surface area contributed by atoms with E-state index in [9.17, 15) is 4.79 Å². The summed E-state index contributed by atoms with van der Waals surface area (Å²) in [6.07, 6.45) is 0. The normalized spacial score (nSPS) is 10.8. The van der Waals surface area contributed by atoms with Gasteiger partial charge in [0.1, 0.15) is 5.52 Å². The lowest BCUT2D eigenvalue weighted by Crippen LogP contribution is -2.14. The van der Waals surface area contributed by atoms with E-state index >= 15 is 0 Å². The van der Waals surface area contributed by atoms with E-state index in [4.69, 9.17) is 4.42 Å². The minimum Gasteiger partial charge on any atom is -0.431 e. The van der Waals surface area contributed by atoms with E-state index in [-0.39, 0.29) is 11.7 Å². The van der Waals surface area contributed by atoms with Gasteiger partial charge in [-0.05, 0) is 19.1 Å². The molecule has 0 aliphatic rings. The van der Waals surface area contributed by atoms with Gasteiger partial charge >= 0.3 is 0 Å². The molecular formula is C13H12N4O2S. The lowest BCUT2D eigenvalue weighted by atomic mass is 10.3. The predicted molar refractivity (Wildman–Crippen MR) is 76.7 cm³/mol. The summed E-state index contributed by atoms with van der Waals surface area (Å²) >= 11 is 1.25. The van der Waals surface area contributed by atoms with Gasteiger partial charge in [0.2, 0.25) is 5.91 Å². The van der Waals surface area contributed by atoms with Crippen molar-refractivity contribution in [1.29, 1.82) is 0 Å². The Morgan fingerprint density at radius 1 is 1.45 bits per heavy atom. The summed E-state index contributed by atoms with van der Waals surface area (Å²) in [4.78, 5) is 16.0. The minimum absolute atomic E-state index is 0.149. The van der Waals surface area contributed by atoms with Crippen molar-refractivity contribution in [2.24, 2.45) is 0 Å². The number of aromatic amines is 1. The van der Waals surface area contributed by atoms with Gasteiger partial charge in [0.15, 0.2) is 11.4 Å². The Balaban J connectivity index is 1.59. The van der Waals surface area contributed by atoms with Crippen LogP contribution in [-0.2, 0) is 4.79 Å². The van der Waals surface area contributed by atoms with Crippen molar-refractivity contribution in [1.82, 2.24) is 15.2 Å². The molecule has 0 unspecified atom stereocenters. The maximum atomic E-state index is 11.8. The van der Waals surface area contributed by atoms with E-state index in [0.29, 0.717) is 11.0 Å². The number of aromatic nitrogens is 3. The Morgan fingerprint density at radius 3 is 3.05 bits per heavy atom. The van der Waals surface area contributed by atoms with Crippen molar-refractivity contribution >= 4 is 34.6 Å². The number of hydrogen-bond acceptors (Lipinski definition) is 5. The molecule has 0 saturated carbocycles. The summed E-state index contributed by atoms with van der Waals surface area (Å²) in [5.74, 6) is 0.591. The predicted octanol–water partition coefficient (Wildman–Crippen LogP) is 2.59. The fourth-order valence-corrected chi connectivity index (χ4v) is 2.34. The van der Waals surface area contributed by atoms with Crippen LogP contribution in [-0.4, -0.2) is 26.8 Å². The Bertz CT molecular complexity index is 717. The van der Waals surface area contributed by atoms with Crippen molar-refractivity contribution in [2.45, 2.75) is 12.1 Å². The highest BCUT2D eigenvalue weighted by Gasteiger charge is 2.10. The third-order valence-electron chi connectivity index (χ3n) is 2.57. The van der Waals surface area contributed by atoms with Gasteiger partial charge in [0, 0.05) is 11.8 Å². The fraction of sp³-hybridized carbons (Fsp3) is 0.154. The van der Waals surface area contributed by atoms with Crippen LogP contribution in [0.2, 0.25) is 0 Å². The van der Waals surface area contributed by atoms with Crippen LogP contribution >= 0.6 is 11.8 Å². The number of aryl methyl sites for hydroxylation is 1. The quantitative estimate of drug-likeness (QED) is 0.721. The first-order chi connectivity index (χ1) is 9.70. The first kappa shape index (κ1) is 12.7. The Labute approximate surface area is 119 Å².